The van der Waals surface area contributed by atoms with Gasteiger partial charge in [0, 0.05) is 18.8 Å². The van der Waals surface area contributed by atoms with Gasteiger partial charge in [0.25, 0.3) is 0 Å². The number of hydrogen-bond donors (Lipinski definition) is 0. The van der Waals surface area contributed by atoms with Crippen molar-refractivity contribution in [2.45, 2.75) is 303 Å². The molecule has 0 aromatic carbocycles. The van der Waals surface area contributed by atoms with E-state index in [4.69, 9.17) is 0 Å². The normalized spacial score (nSPS) is 12.1. The van der Waals surface area contributed by atoms with Crippen LogP contribution < -0.4 is 0 Å². The molecule has 0 aromatic rings. The highest BCUT2D eigenvalue weighted by molar-refractivity contribution is 5.80. The highest BCUT2D eigenvalue weighted by Crippen LogP contribution is 2.23. The van der Waals surface area contributed by atoms with Crippen LogP contribution in [0.3, 0.4) is 0 Å². The number of carbonyl (C=O) groups excluding carboxylic acids is 2. The van der Waals surface area contributed by atoms with E-state index in [0.29, 0.717) is 11.7 Å². The molecule has 2 nitrogen and oxygen atoms in total. The third kappa shape index (κ3) is 42.1. The maximum Gasteiger partial charge on any atom is 0.135 e. The van der Waals surface area contributed by atoms with Crippen molar-refractivity contribution >= 4 is 12.1 Å². The third-order valence-corrected chi connectivity index (χ3v) is 12.0. The zero-order chi connectivity index (χ0) is 37.7. The molecule has 0 amide bonds. The van der Waals surface area contributed by atoms with Gasteiger partial charge in [0.1, 0.15) is 12.1 Å². The molecule has 0 aliphatic rings. The van der Waals surface area contributed by atoms with E-state index in [1.807, 2.05) is 0 Å². The lowest BCUT2D eigenvalue weighted by molar-refractivity contribution is -0.123. The molecular formula is C50H98O2. The molecule has 0 aliphatic carbocycles. The topological polar surface area (TPSA) is 34.1 Å². The Morgan fingerprint density at radius 2 is 0.558 bits per heavy atom. The number of unbranched alkanes of at least 4 members (excludes halogenated alkanes) is 39. The Morgan fingerprint density at radius 3 is 0.827 bits per heavy atom. The predicted molar refractivity (Wildman–Crippen MR) is 234 cm³/mol. The first-order valence-corrected chi connectivity index (χ1v) is 24.7. The van der Waals surface area contributed by atoms with Crippen LogP contribution in [0.25, 0.3) is 0 Å². The van der Waals surface area contributed by atoms with Gasteiger partial charge >= 0.3 is 0 Å². The highest BCUT2D eigenvalue weighted by atomic mass is 16.1. The molecule has 1 unspecified atom stereocenters. The van der Waals surface area contributed by atoms with Crippen LogP contribution in [0.15, 0.2) is 0 Å². The molecular weight excluding hydrogens is 633 g/mol. The smallest absolute Gasteiger partial charge is 0.135 e. The SMILES string of the molecule is CCCCCCCCCCCCCCCCCCCCCCCC(=O)C(CCCCCCCCCCC)CCCCCCCCCCCCCC=O. The van der Waals surface area contributed by atoms with Crippen LogP contribution in [0.5, 0.6) is 0 Å². The van der Waals surface area contributed by atoms with E-state index in [1.54, 1.807) is 0 Å². The first kappa shape index (κ1) is 51.3. The fourth-order valence-corrected chi connectivity index (χ4v) is 8.31. The number of aldehydes is 1. The zero-order valence-electron chi connectivity index (χ0n) is 36.3. The van der Waals surface area contributed by atoms with E-state index in [9.17, 15) is 9.59 Å². The van der Waals surface area contributed by atoms with Crippen molar-refractivity contribution in [2.75, 3.05) is 0 Å². The molecule has 2 heteroatoms. The van der Waals surface area contributed by atoms with Crippen molar-refractivity contribution in [1.82, 2.24) is 0 Å². The largest absolute Gasteiger partial charge is 0.303 e. The minimum Gasteiger partial charge on any atom is -0.303 e. The Balaban J connectivity index is 3.90. The summed E-state index contributed by atoms with van der Waals surface area (Å²) in [6.45, 7) is 4.60. The number of ketones is 1. The van der Waals surface area contributed by atoms with Crippen molar-refractivity contribution in [3.63, 3.8) is 0 Å². The molecule has 0 bridgehead atoms. The first-order valence-electron chi connectivity index (χ1n) is 24.7. The van der Waals surface area contributed by atoms with Crippen LogP contribution in [0.4, 0.5) is 0 Å². The van der Waals surface area contributed by atoms with Crippen molar-refractivity contribution in [1.29, 1.82) is 0 Å². The van der Waals surface area contributed by atoms with Gasteiger partial charge in [-0.2, -0.15) is 0 Å². The molecule has 0 radical (unpaired) electrons. The average Bonchev–Trinajstić information content (AvgIpc) is 3.15. The lowest BCUT2D eigenvalue weighted by Crippen LogP contribution is -2.14. The summed E-state index contributed by atoms with van der Waals surface area (Å²) in [5.74, 6) is 0.944. The number of Topliss-reactive ketones (excluding diaryl/α,β-unsaturated/α-hetero) is 1. The van der Waals surface area contributed by atoms with Gasteiger partial charge in [0.15, 0.2) is 0 Å². The predicted octanol–water partition coefficient (Wildman–Crippen LogP) is 18.0. The number of carbonyl (C=O) groups is 2. The fraction of sp³-hybridized carbons (Fsp3) is 0.960. The molecule has 310 valence electrons. The molecule has 0 aromatic heterocycles. The van der Waals surface area contributed by atoms with Gasteiger partial charge in [0.2, 0.25) is 0 Å². The summed E-state index contributed by atoms with van der Waals surface area (Å²) in [5.41, 5.74) is 0. The molecule has 0 saturated carbocycles. The van der Waals surface area contributed by atoms with Gasteiger partial charge in [-0.3, -0.25) is 4.79 Å². The van der Waals surface area contributed by atoms with Gasteiger partial charge in [-0.05, 0) is 25.7 Å². The first-order chi connectivity index (χ1) is 25.8. The van der Waals surface area contributed by atoms with Crippen LogP contribution in [-0.2, 0) is 9.59 Å². The summed E-state index contributed by atoms with van der Waals surface area (Å²) in [6, 6.07) is 0. The van der Waals surface area contributed by atoms with Gasteiger partial charge in [-0.1, -0.05) is 264 Å². The van der Waals surface area contributed by atoms with Crippen LogP contribution in [0.1, 0.15) is 303 Å². The molecule has 0 spiro atoms. The molecule has 0 saturated heterocycles. The van der Waals surface area contributed by atoms with Crippen molar-refractivity contribution < 1.29 is 9.59 Å². The molecule has 52 heavy (non-hydrogen) atoms. The Kier molecular flexibility index (Phi) is 45.9. The second-order valence-electron chi connectivity index (χ2n) is 17.2. The molecule has 1 atom stereocenters. The number of rotatable bonds is 47. The zero-order valence-corrected chi connectivity index (χ0v) is 36.3. The van der Waals surface area contributed by atoms with Gasteiger partial charge in [0.05, 0.1) is 0 Å². The maximum atomic E-state index is 13.3. The minimum atomic E-state index is 0.342. The second-order valence-corrected chi connectivity index (χ2v) is 17.2. The summed E-state index contributed by atoms with van der Waals surface area (Å²) in [5, 5.41) is 0. The Morgan fingerprint density at radius 1 is 0.327 bits per heavy atom. The van der Waals surface area contributed by atoms with Crippen LogP contribution in [-0.4, -0.2) is 12.1 Å². The summed E-state index contributed by atoms with van der Waals surface area (Å²) < 4.78 is 0. The van der Waals surface area contributed by atoms with E-state index in [1.165, 1.54) is 250 Å². The van der Waals surface area contributed by atoms with Gasteiger partial charge < -0.3 is 4.79 Å². The fourth-order valence-electron chi connectivity index (χ4n) is 8.31. The molecule has 0 rings (SSSR count). The summed E-state index contributed by atoms with van der Waals surface area (Å²) in [7, 11) is 0. The van der Waals surface area contributed by atoms with Gasteiger partial charge in [-0.25, -0.2) is 0 Å². The molecule has 0 fully saturated rings. The van der Waals surface area contributed by atoms with Crippen LogP contribution in [0.2, 0.25) is 0 Å². The Bertz CT molecular complexity index is 671. The van der Waals surface area contributed by atoms with Crippen LogP contribution in [0, 0.1) is 5.92 Å². The monoisotopic (exact) mass is 731 g/mol. The lowest BCUT2D eigenvalue weighted by Gasteiger charge is -2.16. The van der Waals surface area contributed by atoms with Crippen LogP contribution >= 0.6 is 0 Å². The summed E-state index contributed by atoms with van der Waals surface area (Å²) >= 11 is 0. The summed E-state index contributed by atoms with van der Waals surface area (Å²) in [4.78, 5) is 23.8. The third-order valence-electron chi connectivity index (χ3n) is 12.0. The van der Waals surface area contributed by atoms with E-state index >= 15 is 0 Å². The Hall–Kier alpha value is -0.660. The quantitative estimate of drug-likeness (QED) is 0.0461. The van der Waals surface area contributed by atoms with E-state index in [-0.39, 0.29) is 0 Å². The van der Waals surface area contributed by atoms with Crippen molar-refractivity contribution in [2.24, 2.45) is 5.92 Å². The highest BCUT2D eigenvalue weighted by Gasteiger charge is 2.17. The Labute approximate surface area is 329 Å². The summed E-state index contributed by atoms with van der Waals surface area (Å²) in [6.07, 6.45) is 61.2. The number of hydrogen-bond acceptors (Lipinski definition) is 2. The average molecular weight is 731 g/mol. The van der Waals surface area contributed by atoms with Gasteiger partial charge in [-0.15, -0.1) is 0 Å². The molecule has 0 aliphatic heterocycles. The van der Waals surface area contributed by atoms with Crippen molar-refractivity contribution in [3.05, 3.63) is 0 Å². The van der Waals surface area contributed by atoms with E-state index in [2.05, 4.69) is 13.8 Å². The maximum absolute atomic E-state index is 13.3. The lowest BCUT2D eigenvalue weighted by atomic mass is 9.88. The van der Waals surface area contributed by atoms with E-state index < -0.39 is 0 Å². The minimum absolute atomic E-state index is 0.342. The molecule has 0 N–H and O–H groups in total. The molecule has 0 heterocycles. The van der Waals surface area contributed by atoms with E-state index in [0.717, 1.165) is 44.8 Å². The van der Waals surface area contributed by atoms with Crippen molar-refractivity contribution in [3.8, 4) is 0 Å². The standard InChI is InChI=1S/C50H98O2/c1-3-5-7-9-11-13-14-15-16-17-18-19-20-21-22-23-27-31-35-39-43-47-50(52)49(45-41-37-33-29-12-10-8-6-4-2)46-42-38-34-30-26-24-25-28-32-36-40-44-48-51/h48-49H,3-47H2,1-2H3. The second kappa shape index (κ2) is 46.5.